The molecule has 21 heavy (non-hydrogen) atoms. The minimum Gasteiger partial charge on any atom is -0.312 e. The predicted octanol–water partition coefficient (Wildman–Crippen LogP) is 4.38. The van der Waals surface area contributed by atoms with Crippen LogP contribution in [0.2, 0.25) is 0 Å². The second kappa shape index (κ2) is 8.50. The van der Waals surface area contributed by atoms with Crippen molar-refractivity contribution in [3.63, 3.8) is 0 Å². The van der Waals surface area contributed by atoms with Crippen molar-refractivity contribution >= 4 is 0 Å². The third kappa shape index (κ3) is 7.05. The summed E-state index contributed by atoms with van der Waals surface area (Å²) in [6, 6.07) is 7.19. The lowest BCUT2D eigenvalue weighted by molar-refractivity contribution is 0.250. The van der Waals surface area contributed by atoms with E-state index in [0.29, 0.717) is 0 Å². The summed E-state index contributed by atoms with van der Waals surface area (Å²) in [4.78, 5) is 2.23. The van der Waals surface area contributed by atoms with E-state index in [1.165, 1.54) is 18.9 Å². The Morgan fingerprint density at radius 2 is 1.81 bits per heavy atom. The normalized spacial score (nSPS) is 13.7. The van der Waals surface area contributed by atoms with Crippen LogP contribution in [-0.4, -0.2) is 30.6 Å². The van der Waals surface area contributed by atoms with Crippen LogP contribution >= 0.6 is 0 Å². The summed E-state index contributed by atoms with van der Waals surface area (Å²) in [6.07, 6.45) is 3.55. The van der Waals surface area contributed by atoms with Crippen molar-refractivity contribution in [1.82, 2.24) is 10.2 Å². The van der Waals surface area contributed by atoms with Crippen LogP contribution in [0.3, 0.4) is 0 Å². The van der Waals surface area contributed by atoms with Crippen molar-refractivity contribution < 1.29 is 4.39 Å². The van der Waals surface area contributed by atoms with Crippen molar-refractivity contribution in [3.8, 4) is 0 Å². The molecule has 0 fully saturated rings. The van der Waals surface area contributed by atoms with Crippen LogP contribution in [0.15, 0.2) is 24.3 Å². The Morgan fingerprint density at radius 1 is 1.14 bits per heavy atom. The van der Waals surface area contributed by atoms with Crippen LogP contribution < -0.4 is 5.32 Å². The summed E-state index contributed by atoms with van der Waals surface area (Å²) in [6.45, 7) is 10.7. The van der Waals surface area contributed by atoms with Gasteiger partial charge in [-0.05, 0) is 66.7 Å². The molecule has 1 aromatic rings. The lowest BCUT2D eigenvalue weighted by Gasteiger charge is -2.25. The number of nitrogens with one attached hydrogen (secondary N) is 1. The molecule has 0 saturated heterocycles. The average Bonchev–Trinajstić information content (AvgIpc) is 2.41. The van der Waals surface area contributed by atoms with E-state index in [9.17, 15) is 4.39 Å². The largest absolute Gasteiger partial charge is 0.312 e. The maximum atomic E-state index is 13.8. The van der Waals surface area contributed by atoms with Gasteiger partial charge in [-0.1, -0.05) is 24.6 Å². The van der Waals surface area contributed by atoms with E-state index in [2.05, 4.69) is 45.0 Å². The minimum atomic E-state index is -0.105. The summed E-state index contributed by atoms with van der Waals surface area (Å²) in [7, 11) is 2.07. The summed E-state index contributed by atoms with van der Waals surface area (Å²) < 4.78 is 13.8. The van der Waals surface area contributed by atoms with E-state index in [1.54, 1.807) is 6.07 Å². The Labute approximate surface area is 129 Å². The van der Waals surface area contributed by atoms with Crippen molar-refractivity contribution in [3.05, 3.63) is 35.6 Å². The molecule has 0 aliphatic heterocycles. The molecule has 1 rings (SSSR count). The van der Waals surface area contributed by atoms with Crippen molar-refractivity contribution in [2.75, 3.05) is 20.1 Å². The lowest BCUT2D eigenvalue weighted by atomic mass is 10.1. The number of unbranched alkanes of at least 4 members (excludes halogenated alkanes) is 2. The van der Waals surface area contributed by atoms with E-state index < -0.39 is 0 Å². The molecule has 0 amide bonds. The second-order valence-corrected chi connectivity index (χ2v) is 6.92. The first-order valence-electron chi connectivity index (χ1n) is 8.01. The van der Waals surface area contributed by atoms with Gasteiger partial charge >= 0.3 is 0 Å². The molecule has 1 atom stereocenters. The highest BCUT2D eigenvalue weighted by atomic mass is 19.1. The first-order valence-corrected chi connectivity index (χ1v) is 8.01. The Kier molecular flexibility index (Phi) is 7.33. The van der Waals surface area contributed by atoms with Gasteiger partial charge in [-0.2, -0.15) is 0 Å². The smallest absolute Gasteiger partial charge is 0.127 e. The Balaban J connectivity index is 2.25. The second-order valence-electron chi connectivity index (χ2n) is 6.92. The van der Waals surface area contributed by atoms with Crippen molar-refractivity contribution in [2.24, 2.45) is 0 Å². The molecule has 0 aromatic heterocycles. The molecule has 3 heteroatoms. The van der Waals surface area contributed by atoms with Gasteiger partial charge in [-0.15, -0.1) is 0 Å². The number of halogens is 1. The topological polar surface area (TPSA) is 15.3 Å². The molecule has 1 aromatic carbocycles. The van der Waals surface area contributed by atoms with E-state index >= 15 is 0 Å². The first kappa shape index (κ1) is 18.1. The van der Waals surface area contributed by atoms with Gasteiger partial charge in [0.1, 0.15) is 5.82 Å². The molecular formula is C18H31FN2. The number of hydrogen-bond acceptors (Lipinski definition) is 2. The van der Waals surface area contributed by atoms with Gasteiger partial charge in [-0.25, -0.2) is 4.39 Å². The summed E-state index contributed by atoms with van der Waals surface area (Å²) >= 11 is 0. The van der Waals surface area contributed by atoms with Crippen LogP contribution in [0.1, 0.15) is 58.6 Å². The highest BCUT2D eigenvalue weighted by Crippen LogP contribution is 2.21. The quantitative estimate of drug-likeness (QED) is 0.716. The first-order chi connectivity index (χ1) is 9.81. The zero-order valence-corrected chi connectivity index (χ0v) is 14.2. The molecule has 1 unspecified atom stereocenters. The van der Waals surface area contributed by atoms with Gasteiger partial charge < -0.3 is 5.32 Å². The Hall–Kier alpha value is -0.930. The van der Waals surface area contributed by atoms with Gasteiger partial charge in [0.2, 0.25) is 0 Å². The summed E-state index contributed by atoms with van der Waals surface area (Å²) in [5.41, 5.74) is 0.991. The molecule has 0 bridgehead atoms. The Bertz CT molecular complexity index is 412. The van der Waals surface area contributed by atoms with Crippen LogP contribution in [0.25, 0.3) is 0 Å². The van der Waals surface area contributed by atoms with Crippen LogP contribution in [0.4, 0.5) is 4.39 Å². The van der Waals surface area contributed by atoms with E-state index in [0.717, 1.165) is 25.1 Å². The van der Waals surface area contributed by atoms with E-state index in [4.69, 9.17) is 0 Å². The highest BCUT2D eigenvalue weighted by molar-refractivity contribution is 5.20. The highest BCUT2D eigenvalue weighted by Gasteiger charge is 2.14. The zero-order valence-electron chi connectivity index (χ0n) is 14.2. The fourth-order valence-corrected chi connectivity index (χ4v) is 2.37. The molecule has 120 valence electrons. The molecule has 0 spiro atoms. The summed E-state index contributed by atoms with van der Waals surface area (Å²) in [5.74, 6) is -0.105. The zero-order chi connectivity index (χ0) is 15.9. The van der Waals surface area contributed by atoms with Crippen LogP contribution in [-0.2, 0) is 0 Å². The minimum absolute atomic E-state index is 0.105. The van der Waals surface area contributed by atoms with Crippen molar-refractivity contribution in [2.45, 2.75) is 58.5 Å². The molecule has 0 saturated carbocycles. The van der Waals surface area contributed by atoms with Crippen LogP contribution in [0.5, 0.6) is 0 Å². The number of rotatable bonds is 8. The molecule has 0 radical (unpaired) electrons. The van der Waals surface area contributed by atoms with Gasteiger partial charge in [0.15, 0.2) is 0 Å². The van der Waals surface area contributed by atoms with Gasteiger partial charge in [0.05, 0.1) is 0 Å². The number of hydrogen-bond donors (Lipinski definition) is 1. The van der Waals surface area contributed by atoms with Crippen LogP contribution in [0, 0.1) is 5.82 Å². The SMILES string of the molecule is CC(c1ccccc1F)N(C)CCCCCNC(C)(C)C. The average molecular weight is 294 g/mol. The standard InChI is InChI=1S/C18H31FN2/c1-15(16-11-7-8-12-17(16)19)21(5)14-10-6-9-13-20-18(2,3)4/h7-8,11-12,15,20H,6,9-10,13-14H2,1-5H3. The fourth-order valence-electron chi connectivity index (χ4n) is 2.37. The fraction of sp³-hybridized carbons (Fsp3) is 0.667. The van der Waals surface area contributed by atoms with E-state index in [-0.39, 0.29) is 17.4 Å². The van der Waals surface area contributed by atoms with Gasteiger partial charge in [-0.3, -0.25) is 4.90 Å². The maximum absolute atomic E-state index is 13.8. The van der Waals surface area contributed by atoms with Gasteiger partial charge in [0.25, 0.3) is 0 Å². The number of benzene rings is 1. The molecule has 1 N–H and O–H groups in total. The van der Waals surface area contributed by atoms with Crippen molar-refractivity contribution in [1.29, 1.82) is 0 Å². The molecule has 0 aliphatic rings. The predicted molar refractivity (Wildman–Crippen MR) is 89.1 cm³/mol. The lowest BCUT2D eigenvalue weighted by Crippen LogP contribution is -2.36. The third-order valence-electron chi connectivity index (χ3n) is 3.86. The third-order valence-corrected chi connectivity index (χ3v) is 3.86. The maximum Gasteiger partial charge on any atom is 0.127 e. The Morgan fingerprint density at radius 3 is 2.43 bits per heavy atom. The number of nitrogens with zero attached hydrogens (tertiary/aromatic N) is 1. The van der Waals surface area contributed by atoms with Gasteiger partial charge in [0, 0.05) is 17.1 Å². The summed E-state index contributed by atoms with van der Waals surface area (Å²) in [5, 5.41) is 3.50. The molecule has 0 heterocycles. The van der Waals surface area contributed by atoms with E-state index in [1.807, 2.05) is 12.1 Å². The molecule has 0 aliphatic carbocycles. The molecular weight excluding hydrogens is 263 g/mol. The monoisotopic (exact) mass is 294 g/mol. The molecule has 2 nitrogen and oxygen atoms in total.